The molecule has 8 heteroatoms. The van der Waals surface area contributed by atoms with E-state index in [0.29, 0.717) is 42.1 Å². The summed E-state index contributed by atoms with van der Waals surface area (Å²) >= 11 is 0. The molecule has 0 aliphatic heterocycles. The molecule has 0 aliphatic carbocycles. The molecule has 4 rings (SSSR count). The minimum Gasteiger partial charge on any atom is -0.493 e. The van der Waals surface area contributed by atoms with Gasteiger partial charge >= 0.3 is 0 Å². The summed E-state index contributed by atoms with van der Waals surface area (Å²) in [5, 5.41) is 19.7. The molecule has 0 saturated heterocycles. The Kier molecular flexibility index (Phi) is 7.35. The largest absolute Gasteiger partial charge is 0.493 e. The Bertz CT molecular complexity index is 1380. The first-order valence-corrected chi connectivity index (χ1v) is 12.2. The lowest BCUT2D eigenvalue weighted by Crippen LogP contribution is -2.26. The standard InChI is InChI=1S/C28H33N5O3/c1-6-10-19-11-12-24(36-8-3)21(15-19)25-23(17-32(31-25)18-28(4,5)35)20(7-2)26(34)22-16-30-33-14-9-13-29-27(22)33/h6,9,11-17,20,35H,1,7-8,10,18H2,2-5H3. The third-order valence-corrected chi connectivity index (χ3v) is 5.96. The summed E-state index contributed by atoms with van der Waals surface area (Å²) in [5.41, 5.74) is 3.33. The van der Waals surface area contributed by atoms with Crippen LogP contribution in [-0.4, -0.2) is 47.5 Å². The lowest BCUT2D eigenvalue weighted by atomic mass is 9.87. The van der Waals surface area contributed by atoms with Crippen LogP contribution in [0.4, 0.5) is 0 Å². The quantitative estimate of drug-likeness (QED) is 0.240. The summed E-state index contributed by atoms with van der Waals surface area (Å²) < 4.78 is 9.28. The topological polar surface area (TPSA) is 94.5 Å². The number of hydrogen-bond donors (Lipinski definition) is 1. The van der Waals surface area contributed by atoms with Crippen molar-refractivity contribution in [1.82, 2.24) is 24.4 Å². The first-order valence-electron chi connectivity index (χ1n) is 12.2. The number of benzene rings is 1. The Morgan fingerprint density at radius 3 is 2.81 bits per heavy atom. The highest BCUT2D eigenvalue weighted by molar-refractivity contribution is 6.06. The molecule has 0 saturated carbocycles. The van der Waals surface area contributed by atoms with Crippen LogP contribution in [0, 0.1) is 0 Å². The van der Waals surface area contributed by atoms with Gasteiger partial charge in [-0.05, 0) is 57.4 Å². The Morgan fingerprint density at radius 1 is 1.31 bits per heavy atom. The van der Waals surface area contributed by atoms with E-state index < -0.39 is 11.5 Å². The van der Waals surface area contributed by atoms with Crippen LogP contribution in [0.2, 0.25) is 0 Å². The van der Waals surface area contributed by atoms with Crippen LogP contribution in [0.25, 0.3) is 16.9 Å². The second-order valence-corrected chi connectivity index (χ2v) is 9.47. The first-order chi connectivity index (χ1) is 17.3. The molecule has 0 bridgehead atoms. The predicted octanol–water partition coefficient (Wildman–Crippen LogP) is 4.87. The van der Waals surface area contributed by atoms with Gasteiger partial charge in [0.1, 0.15) is 5.75 Å². The van der Waals surface area contributed by atoms with Crippen molar-refractivity contribution in [3.05, 3.63) is 78.4 Å². The minimum absolute atomic E-state index is 0.0736. The number of nitrogens with zero attached hydrogens (tertiary/aromatic N) is 5. The van der Waals surface area contributed by atoms with Crippen LogP contribution < -0.4 is 4.74 Å². The molecule has 1 N–H and O–H groups in total. The van der Waals surface area contributed by atoms with Crippen LogP contribution in [0.3, 0.4) is 0 Å². The summed E-state index contributed by atoms with van der Waals surface area (Å²) in [6.45, 7) is 12.0. The van der Waals surface area contributed by atoms with Gasteiger partial charge in [0, 0.05) is 29.7 Å². The van der Waals surface area contributed by atoms with Crippen molar-refractivity contribution in [2.45, 2.75) is 58.6 Å². The number of hydrogen-bond acceptors (Lipinski definition) is 6. The summed E-state index contributed by atoms with van der Waals surface area (Å²) in [5.74, 6) is 0.138. The molecule has 188 valence electrons. The molecule has 4 aromatic rings. The summed E-state index contributed by atoms with van der Waals surface area (Å²) in [4.78, 5) is 18.3. The molecule has 36 heavy (non-hydrogen) atoms. The van der Waals surface area contributed by atoms with Crippen molar-refractivity contribution >= 4 is 11.4 Å². The number of Topliss-reactive ketones (excluding diaryl/α,β-unsaturated/α-hetero) is 1. The molecule has 0 fully saturated rings. The van der Waals surface area contributed by atoms with Crippen molar-refractivity contribution in [2.24, 2.45) is 0 Å². The molecule has 0 amide bonds. The molecule has 3 heterocycles. The Hall–Kier alpha value is -3.78. The number of aromatic nitrogens is 5. The highest BCUT2D eigenvalue weighted by atomic mass is 16.5. The van der Waals surface area contributed by atoms with Gasteiger partial charge in [-0.3, -0.25) is 9.48 Å². The lowest BCUT2D eigenvalue weighted by Gasteiger charge is -2.16. The number of allylic oxidation sites excluding steroid dienone is 1. The van der Waals surface area contributed by atoms with E-state index in [-0.39, 0.29) is 12.3 Å². The average Bonchev–Trinajstić information content (AvgIpc) is 3.44. The van der Waals surface area contributed by atoms with Gasteiger partial charge in [-0.2, -0.15) is 10.2 Å². The van der Waals surface area contributed by atoms with Crippen molar-refractivity contribution in [2.75, 3.05) is 6.61 Å². The number of ketones is 1. The minimum atomic E-state index is -0.980. The molecular formula is C28H33N5O3. The van der Waals surface area contributed by atoms with Crippen LogP contribution in [0.1, 0.15) is 61.5 Å². The van der Waals surface area contributed by atoms with E-state index in [2.05, 4.69) is 16.7 Å². The van der Waals surface area contributed by atoms with Gasteiger partial charge in [-0.15, -0.1) is 6.58 Å². The summed E-state index contributed by atoms with van der Waals surface area (Å²) in [6, 6.07) is 7.77. The van der Waals surface area contributed by atoms with Crippen molar-refractivity contribution < 1.29 is 14.6 Å². The Morgan fingerprint density at radius 2 is 2.11 bits per heavy atom. The van der Waals surface area contributed by atoms with Gasteiger partial charge < -0.3 is 9.84 Å². The van der Waals surface area contributed by atoms with Gasteiger partial charge in [0.15, 0.2) is 11.4 Å². The predicted molar refractivity (Wildman–Crippen MR) is 139 cm³/mol. The van der Waals surface area contributed by atoms with Gasteiger partial charge in [0.25, 0.3) is 0 Å². The normalized spacial score (nSPS) is 12.6. The van der Waals surface area contributed by atoms with Crippen LogP contribution in [0.15, 0.2) is 61.7 Å². The summed E-state index contributed by atoms with van der Waals surface area (Å²) in [6.07, 6.45) is 9.97. The van der Waals surface area contributed by atoms with E-state index in [1.165, 1.54) is 0 Å². The fourth-order valence-corrected chi connectivity index (χ4v) is 4.45. The van der Waals surface area contributed by atoms with Crippen LogP contribution >= 0.6 is 0 Å². The van der Waals surface area contributed by atoms with Crippen molar-refractivity contribution in [3.63, 3.8) is 0 Å². The highest BCUT2D eigenvalue weighted by Gasteiger charge is 2.30. The average molecular weight is 488 g/mol. The second-order valence-electron chi connectivity index (χ2n) is 9.47. The molecule has 0 aliphatic rings. The number of fused-ring (bicyclic) bond motifs is 1. The first kappa shape index (κ1) is 25.3. The van der Waals surface area contributed by atoms with Crippen molar-refractivity contribution in [3.8, 4) is 17.0 Å². The molecule has 1 unspecified atom stereocenters. The van der Waals surface area contributed by atoms with Gasteiger partial charge in [-0.1, -0.05) is 19.1 Å². The maximum atomic E-state index is 13.9. The number of rotatable bonds is 11. The Balaban J connectivity index is 1.88. The summed E-state index contributed by atoms with van der Waals surface area (Å²) in [7, 11) is 0. The van der Waals surface area contributed by atoms with E-state index in [1.807, 2.05) is 44.3 Å². The molecule has 0 radical (unpaired) electrons. The zero-order valence-corrected chi connectivity index (χ0v) is 21.3. The SMILES string of the molecule is C=CCc1ccc(OCC)c(-c2nn(CC(C)(C)O)cc2C(CC)C(=O)c2cnn3cccnc23)c1. The number of ether oxygens (including phenoxy) is 1. The van der Waals surface area contributed by atoms with E-state index in [0.717, 1.165) is 16.7 Å². The third kappa shape index (κ3) is 5.23. The molecular weight excluding hydrogens is 454 g/mol. The van der Waals surface area contributed by atoms with Gasteiger partial charge in [0.05, 0.1) is 42.1 Å². The van der Waals surface area contributed by atoms with Gasteiger partial charge in [0.2, 0.25) is 0 Å². The zero-order valence-electron chi connectivity index (χ0n) is 21.3. The lowest BCUT2D eigenvalue weighted by molar-refractivity contribution is 0.0578. The maximum absolute atomic E-state index is 13.9. The number of carbonyl (C=O) groups is 1. The van der Waals surface area contributed by atoms with E-state index in [1.54, 1.807) is 47.7 Å². The number of carbonyl (C=O) groups excluding carboxylic acids is 1. The Labute approximate surface area is 211 Å². The van der Waals surface area contributed by atoms with E-state index in [4.69, 9.17) is 9.84 Å². The monoisotopic (exact) mass is 487 g/mol. The third-order valence-electron chi connectivity index (χ3n) is 5.96. The smallest absolute Gasteiger partial charge is 0.175 e. The fourth-order valence-electron chi connectivity index (χ4n) is 4.45. The molecule has 1 aromatic carbocycles. The van der Waals surface area contributed by atoms with Gasteiger partial charge in [-0.25, -0.2) is 9.50 Å². The zero-order chi connectivity index (χ0) is 25.9. The highest BCUT2D eigenvalue weighted by Crippen LogP contribution is 2.38. The van der Waals surface area contributed by atoms with Crippen molar-refractivity contribution in [1.29, 1.82) is 0 Å². The molecule has 1 atom stereocenters. The molecule has 3 aromatic heterocycles. The van der Waals surface area contributed by atoms with E-state index in [9.17, 15) is 9.90 Å². The maximum Gasteiger partial charge on any atom is 0.175 e. The van der Waals surface area contributed by atoms with E-state index >= 15 is 0 Å². The number of aliphatic hydroxyl groups is 1. The van der Waals surface area contributed by atoms with Crippen LogP contribution in [0.5, 0.6) is 5.75 Å². The van der Waals surface area contributed by atoms with Crippen LogP contribution in [-0.2, 0) is 13.0 Å². The second kappa shape index (κ2) is 10.5. The molecule has 0 spiro atoms. The fraction of sp³-hybridized carbons (Fsp3) is 0.357. The molecule has 8 nitrogen and oxygen atoms in total.